The SMILES string of the molecule is C/C=C(\SC)C1CCc2[nH]nc(C(=O)O)c2C1. The second-order valence-electron chi connectivity index (χ2n) is 4.17. The van der Waals surface area contributed by atoms with Crippen molar-refractivity contribution in [1.29, 1.82) is 0 Å². The molecule has 1 unspecified atom stereocenters. The van der Waals surface area contributed by atoms with Gasteiger partial charge in [0.05, 0.1) is 0 Å². The lowest BCUT2D eigenvalue weighted by atomic mass is 9.86. The Hall–Kier alpha value is -1.23. The van der Waals surface area contributed by atoms with Gasteiger partial charge in [-0.05, 0) is 43.3 Å². The molecule has 1 aromatic rings. The van der Waals surface area contributed by atoms with Crippen molar-refractivity contribution in [2.75, 3.05) is 6.26 Å². The molecule has 0 radical (unpaired) electrons. The minimum Gasteiger partial charge on any atom is -0.476 e. The number of hydrogen-bond acceptors (Lipinski definition) is 3. The summed E-state index contributed by atoms with van der Waals surface area (Å²) in [5.74, 6) is -0.493. The molecule has 0 aromatic carbocycles. The Kier molecular flexibility index (Phi) is 3.57. The highest BCUT2D eigenvalue weighted by atomic mass is 32.2. The molecule has 2 N–H and O–H groups in total. The van der Waals surface area contributed by atoms with Gasteiger partial charge in [0.2, 0.25) is 0 Å². The summed E-state index contributed by atoms with van der Waals surface area (Å²) in [7, 11) is 0. The van der Waals surface area contributed by atoms with Gasteiger partial charge in [-0.1, -0.05) is 6.08 Å². The minimum atomic E-state index is -0.936. The van der Waals surface area contributed by atoms with E-state index in [0.717, 1.165) is 30.5 Å². The number of aromatic amines is 1. The molecule has 2 rings (SSSR count). The van der Waals surface area contributed by atoms with Crippen LogP contribution in [0.3, 0.4) is 0 Å². The molecule has 1 heterocycles. The first kappa shape index (κ1) is 12.2. The molecule has 0 saturated carbocycles. The van der Waals surface area contributed by atoms with E-state index in [4.69, 9.17) is 5.11 Å². The third-order valence-corrected chi connectivity index (χ3v) is 4.31. The molecular weight excluding hydrogens is 236 g/mol. The molecule has 17 heavy (non-hydrogen) atoms. The number of carboxylic acids is 1. The van der Waals surface area contributed by atoms with Crippen LogP contribution in [0, 0.1) is 5.92 Å². The number of carbonyl (C=O) groups is 1. The van der Waals surface area contributed by atoms with Gasteiger partial charge in [0.1, 0.15) is 0 Å². The van der Waals surface area contributed by atoms with Crippen LogP contribution in [0.4, 0.5) is 0 Å². The number of allylic oxidation sites excluding steroid dienone is 2. The summed E-state index contributed by atoms with van der Waals surface area (Å²) in [6, 6.07) is 0. The van der Waals surface area contributed by atoms with E-state index < -0.39 is 5.97 Å². The van der Waals surface area contributed by atoms with Crippen LogP contribution < -0.4 is 0 Å². The highest BCUT2D eigenvalue weighted by molar-refractivity contribution is 8.02. The lowest BCUT2D eigenvalue weighted by Gasteiger charge is -2.23. The predicted molar refractivity (Wildman–Crippen MR) is 68.3 cm³/mol. The Labute approximate surface area is 104 Å². The van der Waals surface area contributed by atoms with Gasteiger partial charge in [0, 0.05) is 11.3 Å². The summed E-state index contributed by atoms with van der Waals surface area (Å²) >= 11 is 1.75. The number of rotatable bonds is 3. The second kappa shape index (κ2) is 4.96. The average Bonchev–Trinajstić information content (AvgIpc) is 2.73. The van der Waals surface area contributed by atoms with Crippen LogP contribution >= 0.6 is 11.8 Å². The van der Waals surface area contributed by atoms with Crippen molar-refractivity contribution in [2.45, 2.75) is 26.2 Å². The quantitative estimate of drug-likeness (QED) is 0.867. The molecule has 4 nitrogen and oxygen atoms in total. The van der Waals surface area contributed by atoms with E-state index in [1.165, 1.54) is 4.91 Å². The topological polar surface area (TPSA) is 66.0 Å². The third-order valence-electron chi connectivity index (χ3n) is 3.27. The number of thioether (sulfide) groups is 1. The Morgan fingerprint density at radius 2 is 2.41 bits per heavy atom. The van der Waals surface area contributed by atoms with Gasteiger partial charge in [-0.2, -0.15) is 5.10 Å². The van der Waals surface area contributed by atoms with Crippen molar-refractivity contribution >= 4 is 17.7 Å². The largest absolute Gasteiger partial charge is 0.476 e. The number of fused-ring (bicyclic) bond motifs is 1. The molecule has 1 aromatic heterocycles. The highest BCUT2D eigenvalue weighted by Crippen LogP contribution is 2.34. The molecule has 5 heteroatoms. The smallest absolute Gasteiger partial charge is 0.356 e. The minimum absolute atomic E-state index is 0.196. The fourth-order valence-corrected chi connectivity index (χ4v) is 3.21. The number of carboxylic acid groups (broad SMARTS) is 1. The van der Waals surface area contributed by atoms with Crippen LogP contribution in [0.25, 0.3) is 0 Å². The first-order chi connectivity index (χ1) is 8.17. The van der Waals surface area contributed by atoms with Crippen LogP contribution in [-0.2, 0) is 12.8 Å². The lowest BCUT2D eigenvalue weighted by Crippen LogP contribution is -2.16. The van der Waals surface area contributed by atoms with E-state index >= 15 is 0 Å². The van der Waals surface area contributed by atoms with E-state index in [1.54, 1.807) is 11.8 Å². The van der Waals surface area contributed by atoms with Gasteiger partial charge in [-0.25, -0.2) is 4.79 Å². The van der Waals surface area contributed by atoms with Crippen LogP contribution in [0.1, 0.15) is 35.1 Å². The Bertz CT molecular complexity index is 465. The zero-order valence-electron chi connectivity index (χ0n) is 9.99. The molecule has 1 atom stereocenters. The van der Waals surface area contributed by atoms with E-state index in [9.17, 15) is 4.79 Å². The number of hydrogen-bond donors (Lipinski definition) is 2. The molecule has 0 amide bonds. The van der Waals surface area contributed by atoms with E-state index in [2.05, 4.69) is 22.5 Å². The number of nitrogens with zero attached hydrogens (tertiary/aromatic N) is 1. The maximum absolute atomic E-state index is 11.0. The Balaban J connectivity index is 2.28. The molecule has 0 saturated heterocycles. The van der Waals surface area contributed by atoms with Crippen molar-refractivity contribution in [3.05, 3.63) is 27.9 Å². The van der Waals surface area contributed by atoms with Crippen LogP contribution in [-0.4, -0.2) is 27.5 Å². The first-order valence-corrected chi connectivity index (χ1v) is 6.89. The van der Waals surface area contributed by atoms with Crippen LogP contribution in [0.5, 0.6) is 0 Å². The van der Waals surface area contributed by atoms with Crippen molar-refractivity contribution in [3.63, 3.8) is 0 Å². The summed E-state index contributed by atoms with van der Waals surface area (Å²) in [5.41, 5.74) is 2.08. The summed E-state index contributed by atoms with van der Waals surface area (Å²) in [6.07, 6.45) is 6.93. The number of nitrogens with one attached hydrogen (secondary N) is 1. The normalized spacial score (nSPS) is 20.1. The van der Waals surface area contributed by atoms with E-state index in [1.807, 2.05) is 6.92 Å². The highest BCUT2D eigenvalue weighted by Gasteiger charge is 2.27. The van der Waals surface area contributed by atoms with Crippen LogP contribution in [0.2, 0.25) is 0 Å². The van der Waals surface area contributed by atoms with Gasteiger partial charge in [-0.3, -0.25) is 5.10 Å². The first-order valence-electron chi connectivity index (χ1n) is 5.67. The molecule has 0 fully saturated rings. The molecule has 0 spiro atoms. The molecule has 0 bridgehead atoms. The fourth-order valence-electron chi connectivity index (χ4n) is 2.43. The number of aromatic carboxylic acids is 1. The summed E-state index contributed by atoms with van der Waals surface area (Å²) < 4.78 is 0. The van der Waals surface area contributed by atoms with Gasteiger partial charge in [-0.15, -0.1) is 11.8 Å². The van der Waals surface area contributed by atoms with E-state index in [-0.39, 0.29) is 5.69 Å². The Morgan fingerprint density at radius 1 is 1.65 bits per heavy atom. The van der Waals surface area contributed by atoms with Gasteiger partial charge < -0.3 is 5.11 Å². The summed E-state index contributed by atoms with van der Waals surface area (Å²) in [6.45, 7) is 2.04. The van der Waals surface area contributed by atoms with Gasteiger partial charge in [0.15, 0.2) is 5.69 Å². The monoisotopic (exact) mass is 252 g/mol. The molecular formula is C12H16N2O2S. The van der Waals surface area contributed by atoms with Crippen molar-refractivity contribution < 1.29 is 9.90 Å². The molecule has 0 aliphatic heterocycles. The standard InChI is InChI=1S/C12H16N2O2S/c1-3-10(17-2)7-4-5-9-8(6-7)11(12(15)16)14-13-9/h3,7H,4-6H2,1-2H3,(H,13,14)(H,15,16)/b10-3-. The second-order valence-corrected chi connectivity index (χ2v) is 5.05. The third kappa shape index (κ3) is 2.24. The van der Waals surface area contributed by atoms with Gasteiger partial charge in [0.25, 0.3) is 0 Å². The van der Waals surface area contributed by atoms with E-state index in [0.29, 0.717) is 5.92 Å². The maximum Gasteiger partial charge on any atom is 0.356 e. The van der Waals surface area contributed by atoms with Crippen molar-refractivity contribution in [3.8, 4) is 0 Å². The molecule has 92 valence electrons. The zero-order chi connectivity index (χ0) is 12.4. The predicted octanol–water partition coefficient (Wildman–Crippen LogP) is 2.48. The lowest BCUT2D eigenvalue weighted by molar-refractivity contribution is 0.0689. The maximum atomic E-state index is 11.0. The number of H-pyrrole nitrogens is 1. The van der Waals surface area contributed by atoms with Crippen molar-refractivity contribution in [1.82, 2.24) is 10.2 Å². The Morgan fingerprint density at radius 3 is 3.00 bits per heavy atom. The van der Waals surface area contributed by atoms with Crippen LogP contribution in [0.15, 0.2) is 11.0 Å². The van der Waals surface area contributed by atoms with Crippen molar-refractivity contribution in [2.24, 2.45) is 5.92 Å². The molecule has 1 aliphatic carbocycles. The summed E-state index contributed by atoms with van der Waals surface area (Å²) in [4.78, 5) is 12.4. The number of aryl methyl sites for hydroxylation is 1. The van der Waals surface area contributed by atoms with Gasteiger partial charge >= 0.3 is 5.97 Å². The molecule has 1 aliphatic rings. The zero-order valence-corrected chi connectivity index (χ0v) is 10.8. The average molecular weight is 252 g/mol. The summed E-state index contributed by atoms with van der Waals surface area (Å²) in [5, 5.41) is 15.8. The fraction of sp³-hybridized carbons (Fsp3) is 0.500. The number of aromatic nitrogens is 2.